The molecule has 1 aromatic heterocycles. The number of carbonyl (C=O) groups excluding carboxylic acids is 1. The Hall–Kier alpha value is -1.98. The minimum Gasteiger partial charge on any atom is -0.351 e. The number of thioether (sulfide) groups is 1. The van der Waals surface area contributed by atoms with E-state index in [-0.39, 0.29) is 11.2 Å². The number of imidazole rings is 1. The monoisotopic (exact) mass is 359 g/mol. The number of nitrogens with zero attached hydrogens (tertiary/aromatic N) is 2. The van der Waals surface area contributed by atoms with E-state index in [0.717, 1.165) is 21.8 Å². The minimum absolute atomic E-state index is 0.0120. The smallest absolute Gasteiger partial charge is 0.233 e. The van der Waals surface area contributed by atoms with Gasteiger partial charge in [-0.15, -0.1) is 0 Å². The van der Waals surface area contributed by atoms with Crippen molar-refractivity contribution in [1.29, 1.82) is 0 Å². The van der Waals surface area contributed by atoms with Gasteiger partial charge in [0.05, 0.1) is 16.3 Å². The molecule has 4 nitrogen and oxygen atoms in total. The fourth-order valence-electron chi connectivity index (χ4n) is 2.38. The minimum atomic E-state index is -0.229. The van der Waals surface area contributed by atoms with Crippen LogP contribution in [0, 0.1) is 0 Å². The van der Waals surface area contributed by atoms with Gasteiger partial charge in [0.2, 0.25) is 5.91 Å². The summed E-state index contributed by atoms with van der Waals surface area (Å²) >= 11 is 7.32. The summed E-state index contributed by atoms with van der Waals surface area (Å²) in [6.07, 6.45) is 0. The second-order valence-corrected chi connectivity index (χ2v) is 7.29. The maximum Gasteiger partial charge on any atom is 0.233 e. The highest BCUT2D eigenvalue weighted by molar-refractivity contribution is 8.00. The molecule has 3 aromatic rings. The van der Waals surface area contributed by atoms with Crippen molar-refractivity contribution in [2.24, 2.45) is 7.05 Å². The molecule has 0 saturated carbocycles. The van der Waals surface area contributed by atoms with E-state index in [2.05, 4.69) is 10.3 Å². The third-order valence-electron chi connectivity index (χ3n) is 3.78. The molecule has 0 aliphatic rings. The molecule has 0 radical (unpaired) electrons. The van der Waals surface area contributed by atoms with Gasteiger partial charge in [0.1, 0.15) is 0 Å². The summed E-state index contributed by atoms with van der Waals surface area (Å²) in [5.41, 5.74) is 3.03. The maximum atomic E-state index is 12.3. The van der Waals surface area contributed by atoms with Crippen molar-refractivity contribution in [3.05, 3.63) is 59.1 Å². The number of aryl methyl sites for hydroxylation is 1. The third-order valence-corrected chi connectivity index (χ3v) is 5.17. The van der Waals surface area contributed by atoms with Crippen molar-refractivity contribution in [1.82, 2.24) is 14.9 Å². The van der Waals surface area contributed by atoms with Crippen molar-refractivity contribution >= 4 is 40.3 Å². The molecule has 1 atom stereocenters. The molecule has 124 valence electrons. The number of hydrogen-bond acceptors (Lipinski definition) is 3. The second-order valence-electron chi connectivity index (χ2n) is 5.55. The van der Waals surface area contributed by atoms with Gasteiger partial charge in [-0.3, -0.25) is 4.79 Å². The molecule has 0 spiro atoms. The first-order valence-electron chi connectivity index (χ1n) is 7.65. The van der Waals surface area contributed by atoms with Crippen LogP contribution in [0.2, 0.25) is 5.02 Å². The van der Waals surface area contributed by atoms with Crippen molar-refractivity contribution < 1.29 is 4.79 Å². The lowest BCUT2D eigenvalue weighted by molar-refractivity contribution is -0.120. The summed E-state index contributed by atoms with van der Waals surface area (Å²) < 4.78 is 2.02. The Bertz CT molecular complexity index is 860. The average molecular weight is 360 g/mol. The fourth-order valence-corrected chi connectivity index (χ4v) is 3.42. The number of carbonyl (C=O) groups is 1. The Balaban J connectivity index is 1.63. The van der Waals surface area contributed by atoms with Crippen molar-refractivity contribution in [3.8, 4) is 0 Å². The highest BCUT2D eigenvalue weighted by Gasteiger charge is 2.18. The molecule has 0 bridgehead atoms. The van der Waals surface area contributed by atoms with Crippen LogP contribution in [0.1, 0.15) is 12.5 Å². The van der Waals surface area contributed by atoms with E-state index in [9.17, 15) is 4.79 Å². The first-order chi connectivity index (χ1) is 11.5. The molecule has 0 saturated heterocycles. The molecule has 3 rings (SSSR count). The Morgan fingerprint density at radius 3 is 2.67 bits per heavy atom. The summed E-state index contributed by atoms with van der Waals surface area (Å²) in [5.74, 6) is -0.0120. The van der Waals surface area contributed by atoms with Crippen LogP contribution < -0.4 is 5.32 Å². The fraction of sp³-hybridized carbons (Fsp3) is 0.222. The number of para-hydroxylation sites is 2. The molecule has 0 aliphatic carbocycles. The molecule has 1 N–H and O–H groups in total. The Morgan fingerprint density at radius 1 is 1.25 bits per heavy atom. The molecular formula is C18H18ClN3OS. The second kappa shape index (κ2) is 7.28. The van der Waals surface area contributed by atoms with E-state index in [4.69, 9.17) is 11.6 Å². The zero-order valence-electron chi connectivity index (χ0n) is 13.5. The van der Waals surface area contributed by atoms with Crippen LogP contribution in [0.5, 0.6) is 0 Å². The summed E-state index contributed by atoms with van der Waals surface area (Å²) in [4.78, 5) is 16.9. The van der Waals surface area contributed by atoms with Gasteiger partial charge in [0, 0.05) is 18.6 Å². The quantitative estimate of drug-likeness (QED) is 0.700. The van der Waals surface area contributed by atoms with Gasteiger partial charge in [0.25, 0.3) is 0 Å². The van der Waals surface area contributed by atoms with E-state index in [1.165, 1.54) is 11.8 Å². The topological polar surface area (TPSA) is 46.9 Å². The lowest BCUT2D eigenvalue weighted by atomic mass is 10.2. The number of nitrogens with one attached hydrogen (secondary N) is 1. The standard InChI is InChI=1S/C18H18ClN3OS/c1-12(17(23)20-11-13-7-9-14(19)10-8-13)24-18-21-15-5-3-4-6-16(15)22(18)2/h3-10,12H,11H2,1-2H3,(H,20,23). The lowest BCUT2D eigenvalue weighted by Gasteiger charge is -2.12. The number of rotatable bonds is 5. The summed E-state index contributed by atoms with van der Waals surface area (Å²) in [5, 5.41) is 4.25. The summed E-state index contributed by atoms with van der Waals surface area (Å²) in [6.45, 7) is 2.38. The Kier molecular flexibility index (Phi) is 5.11. The van der Waals surface area contributed by atoms with Crippen LogP contribution in [0.15, 0.2) is 53.7 Å². The Labute approximate surface area is 150 Å². The normalized spacial score (nSPS) is 12.3. The zero-order valence-corrected chi connectivity index (χ0v) is 15.1. The van der Waals surface area contributed by atoms with Gasteiger partial charge in [-0.2, -0.15) is 0 Å². The summed E-state index contributed by atoms with van der Waals surface area (Å²) in [6, 6.07) is 15.4. The molecule has 0 fully saturated rings. The Morgan fingerprint density at radius 2 is 1.96 bits per heavy atom. The van der Waals surface area contributed by atoms with Gasteiger partial charge in [-0.05, 0) is 36.8 Å². The van der Waals surface area contributed by atoms with E-state index in [0.29, 0.717) is 11.6 Å². The predicted molar refractivity (Wildman–Crippen MR) is 99.3 cm³/mol. The number of amides is 1. The first kappa shape index (κ1) is 16.9. The van der Waals surface area contributed by atoms with E-state index in [1.807, 2.05) is 67.1 Å². The van der Waals surface area contributed by atoms with Gasteiger partial charge >= 0.3 is 0 Å². The van der Waals surface area contributed by atoms with Crippen molar-refractivity contribution in [2.75, 3.05) is 0 Å². The summed E-state index contributed by atoms with van der Waals surface area (Å²) in [7, 11) is 1.97. The lowest BCUT2D eigenvalue weighted by Crippen LogP contribution is -2.30. The SMILES string of the molecule is CC(Sc1nc2ccccc2n1C)C(=O)NCc1ccc(Cl)cc1. The molecule has 2 aromatic carbocycles. The molecule has 24 heavy (non-hydrogen) atoms. The number of halogens is 1. The van der Waals surface area contributed by atoms with Crippen molar-refractivity contribution in [3.63, 3.8) is 0 Å². The van der Waals surface area contributed by atoms with Crippen LogP contribution >= 0.6 is 23.4 Å². The van der Waals surface area contributed by atoms with Gasteiger partial charge in [-0.25, -0.2) is 4.98 Å². The maximum absolute atomic E-state index is 12.3. The molecule has 1 heterocycles. The highest BCUT2D eigenvalue weighted by Crippen LogP contribution is 2.26. The van der Waals surface area contributed by atoms with Gasteiger partial charge in [-0.1, -0.05) is 47.6 Å². The van der Waals surface area contributed by atoms with Gasteiger partial charge in [0.15, 0.2) is 5.16 Å². The largest absolute Gasteiger partial charge is 0.351 e. The number of hydrogen-bond donors (Lipinski definition) is 1. The van der Waals surface area contributed by atoms with Crippen LogP contribution in [0.4, 0.5) is 0 Å². The van der Waals surface area contributed by atoms with Crippen molar-refractivity contribution in [2.45, 2.75) is 23.9 Å². The number of aromatic nitrogens is 2. The predicted octanol–water partition coefficient (Wildman–Crippen LogP) is 4.02. The molecule has 1 unspecified atom stereocenters. The number of fused-ring (bicyclic) bond motifs is 1. The highest BCUT2D eigenvalue weighted by atomic mass is 35.5. The van der Waals surface area contributed by atoms with E-state index < -0.39 is 0 Å². The third kappa shape index (κ3) is 3.74. The molecule has 1 amide bonds. The van der Waals surface area contributed by atoms with Crippen LogP contribution in [0.3, 0.4) is 0 Å². The van der Waals surface area contributed by atoms with Crippen LogP contribution in [-0.4, -0.2) is 20.7 Å². The first-order valence-corrected chi connectivity index (χ1v) is 8.90. The number of benzene rings is 2. The van der Waals surface area contributed by atoms with E-state index >= 15 is 0 Å². The van der Waals surface area contributed by atoms with E-state index in [1.54, 1.807) is 0 Å². The molecular weight excluding hydrogens is 342 g/mol. The van der Waals surface area contributed by atoms with Crippen LogP contribution in [-0.2, 0) is 18.4 Å². The van der Waals surface area contributed by atoms with Gasteiger partial charge < -0.3 is 9.88 Å². The molecule has 6 heteroatoms. The average Bonchev–Trinajstić information content (AvgIpc) is 2.90. The zero-order chi connectivity index (χ0) is 17.1. The molecule has 0 aliphatic heterocycles. The van der Waals surface area contributed by atoms with Crippen LogP contribution in [0.25, 0.3) is 11.0 Å².